The maximum Gasteiger partial charge on any atom is 0.164 e. The molecule has 0 fully saturated rings. The van der Waals surface area contributed by atoms with Crippen LogP contribution in [0.2, 0.25) is 0 Å². The Labute approximate surface area is 243 Å². The second-order valence-corrected chi connectivity index (χ2v) is 11.6. The second kappa shape index (κ2) is 9.95. The summed E-state index contributed by atoms with van der Waals surface area (Å²) in [6.07, 6.45) is 9.30. The van der Waals surface area contributed by atoms with E-state index in [0.29, 0.717) is 17.5 Å². The van der Waals surface area contributed by atoms with Gasteiger partial charge in [-0.1, -0.05) is 105 Å². The molecule has 4 aromatic carbocycles. The van der Waals surface area contributed by atoms with Crippen LogP contribution in [0.15, 0.2) is 116 Å². The highest BCUT2D eigenvalue weighted by atomic mass is 32.1. The van der Waals surface area contributed by atoms with Gasteiger partial charge in [0.1, 0.15) is 11.5 Å². The van der Waals surface area contributed by atoms with E-state index in [9.17, 15) is 0 Å². The van der Waals surface area contributed by atoms with E-state index in [4.69, 9.17) is 19.7 Å². The minimum Gasteiger partial charge on any atom is -0.455 e. The minimum absolute atomic E-state index is 0.281. The first-order valence-corrected chi connectivity index (χ1v) is 14.4. The van der Waals surface area contributed by atoms with Crippen LogP contribution in [0.3, 0.4) is 0 Å². The number of hydrogen-bond acceptors (Lipinski definition) is 5. The van der Waals surface area contributed by atoms with Crippen molar-refractivity contribution in [1.82, 2.24) is 15.0 Å². The van der Waals surface area contributed by atoms with Gasteiger partial charge in [0, 0.05) is 43.1 Å². The lowest BCUT2D eigenvalue weighted by Gasteiger charge is -2.35. The van der Waals surface area contributed by atoms with Gasteiger partial charge in [0.05, 0.1) is 4.70 Å². The van der Waals surface area contributed by atoms with Gasteiger partial charge in [-0.2, -0.15) is 0 Å². The zero-order chi connectivity index (χ0) is 28.0. The Morgan fingerprint density at radius 1 is 0.732 bits per heavy atom. The maximum absolute atomic E-state index is 6.67. The van der Waals surface area contributed by atoms with Gasteiger partial charge in [-0.3, -0.25) is 0 Å². The summed E-state index contributed by atoms with van der Waals surface area (Å²) in [4.78, 5) is 14.4. The summed E-state index contributed by atoms with van der Waals surface area (Å²) < 4.78 is 9.13. The molecule has 0 bridgehead atoms. The van der Waals surface area contributed by atoms with E-state index in [1.54, 1.807) is 17.4 Å². The second-order valence-electron chi connectivity index (χ2n) is 10.5. The topological polar surface area (TPSA) is 47.9 Å². The van der Waals surface area contributed by atoms with E-state index in [-0.39, 0.29) is 5.41 Å². The van der Waals surface area contributed by atoms with E-state index >= 15 is 0 Å². The molecule has 1 aliphatic rings. The van der Waals surface area contributed by atoms with E-state index in [1.165, 1.54) is 25.7 Å². The third kappa shape index (κ3) is 4.35. The number of aromatic nitrogens is 3. The molecular weight excluding hydrogens is 522 g/mol. The first-order valence-electron chi connectivity index (χ1n) is 13.6. The van der Waals surface area contributed by atoms with Crippen molar-refractivity contribution in [1.29, 1.82) is 0 Å². The lowest BCUT2D eigenvalue weighted by Crippen LogP contribution is -2.24. The van der Waals surface area contributed by atoms with E-state index in [1.807, 2.05) is 60.7 Å². The number of hydrogen-bond donors (Lipinski definition) is 0. The summed E-state index contributed by atoms with van der Waals surface area (Å²) in [5.74, 6) is 3.67. The van der Waals surface area contributed by atoms with Crippen molar-refractivity contribution in [3.05, 3.63) is 133 Å². The number of thiophene rings is 1. The summed E-state index contributed by atoms with van der Waals surface area (Å²) in [5, 5.41) is 2.51. The zero-order valence-corrected chi connectivity index (χ0v) is 23.7. The Kier molecular flexibility index (Phi) is 6.10. The quantitative estimate of drug-likeness (QED) is 0.201. The Balaban J connectivity index is 1.34. The summed E-state index contributed by atoms with van der Waals surface area (Å²) in [6.45, 7) is 8.25. The van der Waals surface area contributed by atoms with Crippen LogP contribution in [-0.4, -0.2) is 15.0 Å². The summed E-state index contributed by atoms with van der Waals surface area (Å²) >= 11 is 1.79. The highest BCUT2D eigenvalue weighted by Gasteiger charge is 2.36. The van der Waals surface area contributed by atoms with Crippen molar-refractivity contribution in [2.24, 2.45) is 0 Å². The average Bonchev–Trinajstić information content (AvgIpc) is 3.39. The van der Waals surface area contributed by atoms with Crippen LogP contribution < -0.4 is 4.74 Å². The van der Waals surface area contributed by atoms with Crippen LogP contribution in [0.4, 0.5) is 0 Å². The molecule has 0 amide bonds. The molecule has 1 aliphatic heterocycles. The SMILES string of the molecule is C=C/C=C\C=C\c1nc(-c2ccccc2)nc(-c2ccc3c(c2)C(C)(C)c2ccc4c(sc5ccccc54)c2O3)n1. The van der Waals surface area contributed by atoms with Gasteiger partial charge in [0.25, 0.3) is 0 Å². The molecule has 3 heterocycles. The van der Waals surface area contributed by atoms with Gasteiger partial charge < -0.3 is 4.74 Å². The predicted octanol–water partition coefficient (Wildman–Crippen LogP) is 9.76. The van der Waals surface area contributed by atoms with Crippen LogP contribution in [0.25, 0.3) is 49.0 Å². The third-order valence-corrected chi connectivity index (χ3v) is 8.77. The molecule has 41 heavy (non-hydrogen) atoms. The molecule has 0 saturated heterocycles. The summed E-state index contributed by atoms with van der Waals surface area (Å²) in [6, 6.07) is 29.3. The predicted molar refractivity (Wildman–Crippen MR) is 171 cm³/mol. The largest absolute Gasteiger partial charge is 0.455 e. The van der Waals surface area contributed by atoms with Crippen molar-refractivity contribution in [2.75, 3.05) is 0 Å². The number of ether oxygens (including phenoxy) is 1. The number of rotatable bonds is 5. The smallest absolute Gasteiger partial charge is 0.164 e. The molecule has 198 valence electrons. The number of benzene rings is 4. The molecule has 4 nitrogen and oxygen atoms in total. The molecule has 0 radical (unpaired) electrons. The van der Waals surface area contributed by atoms with Crippen molar-refractivity contribution in [3.8, 4) is 34.3 Å². The van der Waals surface area contributed by atoms with Gasteiger partial charge in [-0.25, -0.2) is 15.0 Å². The molecule has 6 aromatic rings. The number of allylic oxidation sites excluding steroid dienone is 4. The first kappa shape index (κ1) is 25.1. The number of fused-ring (bicyclic) bond motifs is 6. The first-order chi connectivity index (χ1) is 20.0. The van der Waals surface area contributed by atoms with Gasteiger partial charge in [-0.15, -0.1) is 11.3 Å². The van der Waals surface area contributed by atoms with Crippen molar-refractivity contribution < 1.29 is 4.74 Å². The highest BCUT2D eigenvalue weighted by molar-refractivity contribution is 7.26. The molecule has 0 unspecified atom stereocenters. The molecule has 0 aliphatic carbocycles. The van der Waals surface area contributed by atoms with E-state index in [0.717, 1.165) is 28.2 Å². The fraction of sp³-hybridized carbons (Fsp3) is 0.0833. The molecule has 5 heteroatoms. The fourth-order valence-electron chi connectivity index (χ4n) is 5.46. The highest BCUT2D eigenvalue weighted by Crippen LogP contribution is 2.53. The zero-order valence-electron chi connectivity index (χ0n) is 22.8. The average molecular weight is 550 g/mol. The van der Waals surface area contributed by atoms with Gasteiger partial charge in [0.2, 0.25) is 0 Å². The van der Waals surface area contributed by atoms with Crippen molar-refractivity contribution >= 4 is 37.6 Å². The molecule has 0 saturated carbocycles. The molecule has 0 atom stereocenters. The standard InChI is InChI=1S/C36H27N3OS/c1-4-5-6-10-17-31-37-34(23-13-8-7-9-14-23)39-35(38-31)24-18-21-29-28(22-24)36(2,3)27-20-19-26-25-15-11-12-16-30(25)41-33(26)32(27)40-29/h4-22H,1H2,2-3H3/b6-5-,17-10+. The molecule has 2 aromatic heterocycles. The third-order valence-electron chi connectivity index (χ3n) is 7.59. The van der Waals surface area contributed by atoms with Crippen LogP contribution in [0.5, 0.6) is 11.5 Å². The lowest BCUT2D eigenvalue weighted by molar-refractivity contribution is 0.424. The van der Waals surface area contributed by atoms with Gasteiger partial charge >= 0.3 is 0 Å². The van der Waals surface area contributed by atoms with Crippen LogP contribution >= 0.6 is 11.3 Å². The van der Waals surface area contributed by atoms with Gasteiger partial charge in [0.15, 0.2) is 17.5 Å². The number of nitrogens with zero attached hydrogens (tertiary/aromatic N) is 3. The minimum atomic E-state index is -0.281. The molecule has 0 spiro atoms. The van der Waals surface area contributed by atoms with Gasteiger partial charge in [-0.05, 0) is 30.3 Å². The normalized spacial score (nSPS) is 13.9. The van der Waals surface area contributed by atoms with Crippen molar-refractivity contribution in [3.63, 3.8) is 0 Å². The van der Waals surface area contributed by atoms with Crippen molar-refractivity contribution in [2.45, 2.75) is 19.3 Å². The van der Waals surface area contributed by atoms with Crippen LogP contribution in [-0.2, 0) is 5.41 Å². The van der Waals surface area contributed by atoms with E-state index < -0.39 is 0 Å². The molecule has 0 N–H and O–H groups in total. The monoisotopic (exact) mass is 549 g/mol. The fourth-order valence-corrected chi connectivity index (χ4v) is 6.64. The summed E-state index contributed by atoms with van der Waals surface area (Å²) in [5.41, 5.74) is 3.87. The Morgan fingerprint density at radius 3 is 2.34 bits per heavy atom. The maximum atomic E-state index is 6.67. The Bertz CT molecular complexity index is 2020. The Hall–Kier alpha value is -4.87. The summed E-state index contributed by atoms with van der Waals surface area (Å²) in [7, 11) is 0. The lowest BCUT2D eigenvalue weighted by atomic mass is 9.75. The molecular formula is C36H27N3OS. The van der Waals surface area contributed by atoms with Crippen LogP contribution in [0, 0.1) is 0 Å². The van der Waals surface area contributed by atoms with E-state index in [2.05, 4.69) is 69.0 Å². The van der Waals surface area contributed by atoms with Crippen LogP contribution in [0.1, 0.15) is 30.8 Å². The molecule has 7 rings (SSSR count). The Morgan fingerprint density at radius 2 is 1.51 bits per heavy atom.